The van der Waals surface area contributed by atoms with Crippen molar-refractivity contribution in [1.29, 1.82) is 0 Å². The number of halogens is 1. The average molecular weight is 391 g/mol. The average Bonchev–Trinajstić information content (AvgIpc) is 2.63. The summed E-state index contributed by atoms with van der Waals surface area (Å²) in [6, 6.07) is 12.7. The van der Waals surface area contributed by atoms with E-state index in [1.165, 1.54) is 0 Å². The Hall–Kier alpha value is -2.73. The number of carbonyl (C=O) groups excluding carboxylic acids is 2. The number of hydrogen-bond acceptors (Lipinski definition) is 4. The third-order valence-corrected chi connectivity index (χ3v) is 3.88. The van der Waals surface area contributed by atoms with Gasteiger partial charge < -0.3 is 9.47 Å². The van der Waals surface area contributed by atoms with Crippen LogP contribution in [0.15, 0.2) is 42.5 Å². The molecule has 2 aromatic rings. The summed E-state index contributed by atoms with van der Waals surface area (Å²) in [7, 11) is 0. The molecule has 0 atom stereocenters. The van der Waals surface area contributed by atoms with Gasteiger partial charge in [0.2, 0.25) is 5.91 Å². The molecule has 144 valence electrons. The highest BCUT2D eigenvalue weighted by Gasteiger charge is 2.06. The minimum atomic E-state index is -0.433. The van der Waals surface area contributed by atoms with Crippen LogP contribution >= 0.6 is 11.6 Å². The lowest BCUT2D eigenvalue weighted by atomic mass is 10.2. The van der Waals surface area contributed by atoms with Crippen LogP contribution in [0.4, 0.5) is 0 Å². The van der Waals surface area contributed by atoms with Crippen LogP contribution in [0.5, 0.6) is 11.5 Å². The van der Waals surface area contributed by atoms with Crippen LogP contribution in [-0.4, -0.2) is 25.0 Å². The van der Waals surface area contributed by atoms with Crippen molar-refractivity contribution in [2.24, 2.45) is 0 Å². The molecule has 0 unspecified atom stereocenters. The first-order chi connectivity index (χ1) is 12.9. The highest BCUT2D eigenvalue weighted by Crippen LogP contribution is 2.21. The Morgan fingerprint density at radius 2 is 1.78 bits per heavy atom. The van der Waals surface area contributed by atoms with E-state index < -0.39 is 5.91 Å². The third-order valence-electron chi connectivity index (χ3n) is 3.64. The van der Waals surface area contributed by atoms with Crippen LogP contribution in [0.1, 0.15) is 24.0 Å². The van der Waals surface area contributed by atoms with Crippen molar-refractivity contribution in [1.82, 2.24) is 10.9 Å². The van der Waals surface area contributed by atoms with Crippen LogP contribution in [-0.2, 0) is 9.59 Å². The minimum Gasteiger partial charge on any atom is -0.493 e. The van der Waals surface area contributed by atoms with E-state index in [0.717, 1.165) is 16.9 Å². The number of nitrogens with one attached hydrogen (secondary N) is 2. The van der Waals surface area contributed by atoms with Gasteiger partial charge in [-0.1, -0.05) is 23.7 Å². The first kappa shape index (κ1) is 20.6. The van der Waals surface area contributed by atoms with Gasteiger partial charge in [0.1, 0.15) is 11.5 Å². The summed E-state index contributed by atoms with van der Waals surface area (Å²) in [6.07, 6.45) is 0.745. The summed E-state index contributed by atoms with van der Waals surface area (Å²) in [6.45, 7) is 4.05. The van der Waals surface area contributed by atoms with Crippen molar-refractivity contribution in [2.75, 3.05) is 13.2 Å². The minimum absolute atomic E-state index is 0.178. The maximum absolute atomic E-state index is 11.7. The van der Waals surface area contributed by atoms with Crippen LogP contribution in [0, 0.1) is 13.8 Å². The Morgan fingerprint density at radius 3 is 2.52 bits per heavy atom. The molecule has 0 aliphatic carbocycles. The molecular weight excluding hydrogens is 368 g/mol. The molecule has 0 aliphatic heterocycles. The smallest absolute Gasteiger partial charge is 0.276 e. The van der Waals surface area contributed by atoms with E-state index in [-0.39, 0.29) is 18.9 Å². The van der Waals surface area contributed by atoms with Gasteiger partial charge in [0.15, 0.2) is 6.61 Å². The number of amides is 2. The maximum Gasteiger partial charge on any atom is 0.276 e. The lowest BCUT2D eigenvalue weighted by molar-refractivity contribution is -0.130. The van der Waals surface area contributed by atoms with Gasteiger partial charge in [-0.05, 0) is 61.7 Å². The number of benzene rings is 2. The van der Waals surface area contributed by atoms with Crippen LogP contribution < -0.4 is 20.3 Å². The molecule has 0 saturated carbocycles. The third kappa shape index (κ3) is 7.58. The van der Waals surface area contributed by atoms with E-state index in [9.17, 15) is 9.59 Å². The van der Waals surface area contributed by atoms with Gasteiger partial charge in [-0.2, -0.15) is 0 Å². The number of ether oxygens (including phenoxy) is 2. The van der Waals surface area contributed by atoms with Crippen LogP contribution in [0.2, 0.25) is 5.02 Å². The molecule has 2 rings (SSSR count). The molecule has 2 amide bonds. The van der Waals surface area contributed by atoms with E-state index in [1.54, 1.807) is 18.2 Å². The summed E-state index contributed by atoms with van der Waals surface area (Å²) in [4.78, 5) is 23.4. The van der Waals surface area contributed by atoms with E-state index in [2.05, 4.69) is 10.9 Å². The summed E-state index contributed by atoms with van der Waals surface area (Å²) in [5, 5.41) is 0.654. The van der Waals surface area contributed by atoms with E-state index in [0.29, 0.717) is 23.8 Å². The fourth-order valence-electron chi connectivity index (χ4n) is 2.28. The molecule has 0 aliphatic rings. The monoisotopic (exact) mass is 390 g/mol. The first-order valence-corrected chi connectivity index (χ1v) is 8.98. The van der Waals surface area contributed by atoms with Gasteiger partial charge in [-0.25, -0.2) is 0 Å². The van der Waals surface area contributed by atoms with E-state index in [1.807, 2.05) is 38.1 Å². The SMILES string of the molecule is Cc1cccc(OCC(=O)NNC(=O)CCCOc2ccc(Cl)cc2C)c1. The zero-order chi connectivity index (χ0) is 19.6. The number of hydrogen-bond donors (Lipinski definition) is 2. The zero-order valence-electron chi connectivity index (χ0n) is 15.4. The van der Waals surface area contributed by atoms with E-state index >= 15 is 0 Å². The van der Waals surface area contributed by atoms with Crippen molar-refractivity contribution < 1.29 is 19.1 Å². The number of aryl methyl sites for hydroxylation is 2. The maximum atomic E-state index is 11.7. The molecule has 0 heterocycles. The second-order valence-corrected chi connectivity index (χ2v) is 6.50. The lowest BCUT2D eigenvalue weighted by Crippen LogP contribution is -2.43. The Bertz CT molecular complexity index is 795. The van der Waals surface area contributed by atoms with Gasteiger partial charge in [-0.15, -0.1) is 0 Å². The normalized spacial score (nSPS) is 10.2. The molecule has 27 heavy (non-hydrogen) atoms. The topological polar surface area (TPSA) is 76.7 Å². The largest absolute Gasteiger partial charge is 0.493 e. The fourth-order valence-corrected chi connectivity index (χ4v) is 2.51. The lowest BCUT2D eigenvalue weighted by Gasteiger charge is -2.10. The highest BCUT2D eigenvalue weighted by atomic mass is 35.5. The van der Waals surface area contributed by atoms with Crippen LogP contribution in [0.25, 0.3) is 0 Å². The molecule has 0 aromatic heterocycles. The Kier molecular flexibility index (Phi) is 7.95. The number of rotatable bonds is 8. The van der Waals surface area contributed by atoms with Crippen molar-refractivity contribution >= 4 is 23.4 Å². The van der Waals surface area contributed by atoms with Gasteiger partial charge >= 0.3 is 0 Å². The molecule has 0 bridgehead atoms. The van der Waals surface area contributed by atoms with Crippen molar-refractivity contribution in [3.63, 3.8) is 0 Å². The molecular formula is C20H23ClN2O4. The zero-order valence-corrected chi connectivity index (χ0v) is 16.1. The van der Waals surface area contributed by atoms with Crippen LogP contribution in [0.3, 0.4) is 0 Å². The molecule has 0 saturated heterocycles. The predicted octanol–water partition coefficient (Wildman–Crippen LogP) is 3.34. The van der Waals surface area contributed by atoms with E-state index in [4.69, 9.17) is 21.1 Å². The standard InChI is InChI=1S/C20H23ClN2O4/c1-14-5-3-6-17(11-14)27-13-20(25)23-22-19(24)7-4-10-26-18-9-8-16(21)12-15(18)2/h3,5-6,8-9,11-12H,4,7,10,13H2,1-2H3,(H,22,24)(H,23,25). The molecule has 0 spiro atoms. The first-order valence-electron chi connectivity index (χ1n) is 8.60. The van der Waals surface area contributed by atoms with Crippen molar-refractivity contribution in [3.8, 4) is 11.5 Å². The highest BCUT2D eigenvalue weighted by molar-refractivity contribution is 6.30. The molecule has 2 N–H and O–H groups in total. The van der Waals surface area contributed by atoms with Crippen molar-refractivity contribution in [2.45, 2.75) is 26.7 Å². The molecule has 0 radical (unpaired) electrons. The Balaban J connectivity index is 1.59. The summed E-state index contributed by atoms with van der Waals surface area (Å²) < 4.78 is 11.0. The van der Waals surface area contributed by atoms with Gasteiger partial charge in [0.05, 0.1) is 6.61 Å². The summed E-state index contributed by atoms with van der Waals surface area (Å²) in [5.74, 6) is 0.612. The summed E-state index contributed by atoms with van der Waals surface area (Å²) in [5.41, 5.74) is 6.66. The Labute approximate surface area is 163 Å². The number of hydrazine groups is 1. The van der Waals surface area contributed by atoms with Gasteiger partial charge in [0, 0.05) is 11.4 Å². The summed E-state index contributed by atoms with van der Waals surface area (Å²) >= 11 is 5.89. The predicted molar refractivity (Wildman–Crippen MR) is 104 cm³/mol. The van der Waals surface area contributed by atoms with Crippen molar-refractivity contribution in [3.05, 3.63) is 58.6 Å². The molecule has 7 heteroatoms. The quantitative estimate of drug-likeness (QED) is 0.535. The molecule has 0 fully saturated rings. The Morgan fingerprint density at radius 1 is 1.00 bits per heavy atom. The number of carbonyl (C=O) groups is 2. The second-order valence-electron chi connectivity index (χ2n) is 6.06. The molecule has 6 nitrogen and oxygen atoms in total. The second kappa shape index (κ2) is 10.4. The fraction of sp³-hybridized carbons (Fsp3) is 0.300. The van der Waals surface area contributed by atoms with Gasteiger partial charge in [-0.3, -0.25) is 20.4 Å². The van der Waals surface area contributed by atoms with Gasteiger partial charge in [0.25, 0.3) is 5.91 Å². The molecule has 2 aromatic carbocycles.